The van der Waals surface area contributed by atoms with Gasteiger partial charge in [0.25, 0.3) is 0 Å². The van der Waals surface area contributed by atoms with Crippen molar-refractivity contribution in [2.24, 2.45) is 0 Å². The third-order valence-corrected chi connectivity index (χ3v) is 3.40. The lowest BCUT2D eigenvalue weighted by atomic mass is 10.2. The van der Waals surface area contributed by atoms with Gasteiger partial charge < -0.3 is 5.11 Å². The molecule has 0 amide bonds. The molecule has 0 unspecified atom stereocenters. The predicted octanol–water partition coefficient (Wildman–Crippen LogP) is 0.953. The SMILES string of the molecule is O=C(O)CS(=O)(=O)NCc1cccc(Br)c1. The minimum Gasteiger partial charge on any atom is -0.480 e. The highest BCUT2D eigenvalue weighted by Crippen LogP contribution is 2.11. The van der Waals surface area contributed by atoms with Crippen LogP contribution in [0.4, 0.5) is 0 Å². The van der Waals surface area contributed by atoms with Crippen LogP contribution in [0.15, 0.2) is 28.7 Å². The highest BCUT2D eigenvalue weighted by atomic mass is 79.9. The summed E-state index contributed by atoms with van der Waals surface area (Å²) < 4.78 is 25.4. The van der Waals surface area contributed by atoms with Crippen LogP contribution in [0.3, 0.4) is 0 Å². The summed E-state index contributed by atoms with van der Waals surface area (Å²) in [4.78, 5) is 10.3. The summed E-state index contributed by atoms with van der Waals surface area (Å²) in [7, 11) is -3.76. The number of benzene rings is 1. The van der Waals surface area contributed by atoms with E-state index in [1.165, 1.54) is 0 Å². The number of carbonyl (C=O) groups is 1. The van der Waals surface area contributed by atoms with Crippen LogP contribution in [0, 0.1) is 0 Å². The van der Waals surface area contributed by atoms with Crippen molar-refractivity contribution >= 4 is 31.9 Å². The maximum atomic E-state index is 11.2. The molecule has 0 heterocycles. The summed E-state index contributed by atoms with van der Waals surface area (Å²) in [5.74, 6) is -2.29. The Hall–Kier alpha value is -0.920. The van der Waals surface area contributed by atoms with Gasteiger partial charge in [0.2, 0.25) is 10.0 Å². The molecular formula is C9H10BrNO4S. The number of nitrogens with one attached hydrogen (secondary N) is 1. The zero-order valence-corrected chi connectivity index (χ0v) is 10.6. The largest absolute Gasteiger partial charge is 0.480 e. The second kappa shape index (κ2) is 5.42. The molecule has 88 valence electrons. The van der Waals surface area contributed by atoms with E-state index in [1.54, 1.807) is 18.2 Å². The molecule has 0 aliphatic rings. The molecule has 5 nitrogen and oxygen atoms in total. The third-order valence-electron chi connectivity index (χ3n) is 1.70. The van der Waals surface area contributed by atoms with Gasteiger partial charge in [0.05, 0.1) is 0 Å². The standard InChI is InChI=1S/C9H10BrNO4S/c10-8-3-1-2-7(4-8)5-11-16(14,15)6-9(12)13/h1-4,11H,5-6H2,(H,12,13). The Morgan fingerprint density at radius 3 is 2.69 bits per heavy atom. The zero-order chi connectivity index (χ0) is 12.2. The average molecular weight is 308 g/mol. The summed E-state index contributed by atoms with van der Waals surface area (Å²) in [5, 5.41) is 8.36. The second-order valence-electron chi connectivity index (χ2n) is 3.10. The predicted molar refractivity (Wildman–Crippen MR) is 62.4 cm³/mol. The first-order chi connectivity index (χ1) is 7.39. The van der Waals surface area contributed by atoms with E-state index in [9.17, 15) is 13.2 Å². The molecule has 16 heavy (non-hydrogen) atoms. The van der Waals surface area contributed by atoms with Crippen LogP contribution in [-0.2, 0) is 21.4 Å². The molecule has 0 fully saturated rings. The molecule has 0 aliphatic carbocycles. The summed E-state index contributed by atoms with van der Waals surface area (Å²) in [5.41, 5.74) is 0.753. The number of aliphatic carboxylic acids is 1. The lowest BCUT2D eigenvalue weighted by Gasteiger charge is -2.04. The summed E-state index contributed by atoms with van der Waals surface area (Å²) in [6.45, 7) is 0.0784. The monoisotopic (exact) mass is 307 g/mol. The molecule has 0 saturated heterocycles. The van der Waals surface area contributed by atoms with Crippen LogP contribution in [0.1, 0.15) is 5.56 Å². The van der Waals surface area contributed by atoms with Gasteiger partial charge in [-0.15, -0.1) is 0 Å². The van der Waals surface area contributed by atoms with Gasteiger partial charge in [0.1, 0.15) is 0 Å². The number of hydrogen-bond acceptors (Lipinski definition) is 3. The first-order valence-corrected chi connectivity index (χ1v) is 6.77. The summed E-state index contributed by atoms with van der Waals surface area (Å²) in [6.07, 6.45) is 0. The molecule has 7 heteroatoms. The van der Waals surface area contributed by atoms with Crippen molar-refractivity contribution in [1.82, 2.24) is 4.72 Å². The van der Waals surface area contributed by atoms with E-state index >= 15 is 0 Å². The Labute approximate surface area is 102 Å². The highest BCUT2D eigenvalue weighted by molar-refractivity contribution is 9.10. The molecule has 0 radical (unpaired) electrons. The molecule has 0 atom stereocenters. The van der Waals surface area contributed by atoms with Crippen molar-refractivity contribution in [2.45, 2.75) is 6.54 Å². The Kier molecular flexibility index (Phi) is 4.45. The Morgan fingerprint density at radius 2 is 2.12 bits per heavy atom. The molecule has 0 spiro atoms. The van der Waals surface area contributed by atoms with E-state index in [4.69, 9.17) is 5.11 Å². The van der Waals surface area contributed by atoms with Gasteiger partial charge in [-0.3, -0.25) is 4.79 Å². The highest BCUT2D eigenvalue weighted by Gasteiger charge is 2.14. The molecule has 0 aliphatic heterocycles. The Bertz CT molecular complexity index is 486. The Morgan fingerprint density at radius 1 is 1.44 bits per heavy atom. The minimum absolute atomic E-state index is 0.0784. The van der Waals surface area contributed by atoms with Crippen molar-refractivity contribution in [3.63, 3.8) is 0 Å². The van der Waals surface area contributed by atoms with Crippen molar-refractivity contribution < 1.29 is 18.3 Å². The van der Waals surface area contributed by atoms with E-state index in [-0.39, 0.29) is 6.54 Å². The molecule has 0 aromatic heterocycles. The third kappa shape index (κ3) is 4.73. The molecular weight excluding hydrogens is 298 g/mol. The van der Waals surface area contributed by atoms with Crippen LogP contribution < -0.4 is 4.72 Å². The van der Waals surface area contributed by atoms with Crippen LogP contribution in [0.5, 0.6) is 0 Å². The minimum atomic E-state index is -3.76. The quantitative estimate of drug-likeness (QED) is 0.848. The van der Waals surface area contributed by atoms with Crippen molar-refractivity contribution in [3.05, 3.63) is 34.3 Å². The van der Waals surface area contributed by atoms with Crippen molar-refractivity contribution in [3.8, 4) is 0 Å². The average Bonchev–Trinajstić information content (AvgIpc) is 2.13. The molecule has 0 bridgehead atoms. The van der Waals surface area contributed by atoms with Gasteiger partial charge in [-0.25, -0.2) is 13.1 Å². The number of halogens is 1. The maximum Gasteiger partial charge on any atom is 0.320 e. The summed E-state index contributed by atoms with van der Waals surface area (Å²) >= 11 is 3.25. The van der Waals surface area contributed by atoms with Crippen molar-refractivity contribution in [1.29, 1.82) is 0 Å². The summed E-state index contributed by atoms with van der Waals surface area (Å²) in [6, 6.07) is 7.08. The van der Waals surface area contributed by atoms with Gasteiger partial charge in [0, 0.05) is 11.0 Å². The number of carboxylic acids is 1. The lowest BCUT2D eigenvalue weighted by Crippen LogP contribution is -2.29. The van der Waals surface area contributed by atoms with Gasteiger partial charge in [-0.1, -0.05) is 28.1 Å². The first-order valence-electron chi connectivity index (χ1n) is 4.32. The fourth-order valence-electron chi connectivity index (χ4n) is 1.05. The van der Waals surface area contributed by atoms with Gasteiger partial charge >= 0.3 is 5.97 Å². The van der Waals surface area contributed by atoms with Crippen molar-refractivity contribution in [2.75, 3.05) is 5.75 Å². The number of carboxylic acid groups (broad SMARTS) is 1. The molecule has 1 aromatic rings. The van der Waals surface area contributed by atoms with E-state index in [2.05, 4.69) is 20.7 Å². The second-order valence-corrected chi connectivity index (χ2v) is 5.83. The first kappa shape index (κ1) is 13.1. The van der Waals surface area contributed by atoms with Crippen LogP contribution in [0.2, 0.25) is 0 Å². The maximum absolute atomic E-state index is 11.2. The smallest absolute Gasteiger partial charge is 0.320 e. The molecule has 0 saturated carbocycles. The van der Waals surface area contributed by atoms with Crippen LogP contribution in [-0.4, -0.2) is 25.2 Å². The van der Waals surface area contributed by atoms with Gasteiger partial charge in [-0.05, 0) is 17.7 Å². The van der Waals surface area contributed by atoms with E-state index in [1.807, 2.05) is 6.07 Å². The fraction of sp³-hybridized carbons (Fsp3) is 0.222. The van der Waals surface area contributed by atoms with Crippen LogP contribution >= 0.6 is 15.9 Å². The Balaban J connectivity index is 2.61. The van der Waals surface area contributed by atoms with Gasteiger partial charge in [0.15, 0.2) is 5.75 Å². The van der Waals surface area contributed by atoms with E-state index in [0.717, 1.165) is 10.0 Å². The molecule has 2 N–H and O–H groups in total. The number of hydrogen-bond donors (Lipinski definition) is 2. The molecule has 1 aromatic carbocycles. The topological polar surface area (TPSA) is 83.5 Å². The van der Waals surface area contributed by atoms with Crippen LogP contribution in [0.25, 0.3) is 0 Å². The van der Waals surface area contributed by atoms with Gasteiger partial charge in [-0.2, -0.15) is 0 Å². The fourth-order valence-corrected chi connectivity index (χ4v) is 2.31. The number of rotatable bonds is 5. The molecule has 1 rings (SSSR count). The van der Waals surface area contributed by atoms with E-state index in [0.29, 0.717) is 0 Å². The van der Waals surface area contributed by atoms with E-state index < -0.39 is 21.7 Å². The normalized spacial score (nSPS) is 11.3. The number of sulfonamides is 1. The zero-order valence-electron chi connectivity index (χ0n) is 8.18. The lowest BCUT2D eigenvalue weighted by molar-refractivity contribution is -0.134.